The molecule has 0 saturated carbocycles. The molecule has 1 aromatic carbocycles. The number of nitrogens with zero attached hydrogens (tertiary/aromatic N) is 1. The molecule has 20 heavy (non-hydrogen) atoms. The lowest BCUT2D eigenvalue weighted by Gasteiger charge is -2.13. The molecule has 0 radical (unpaired) electrons. The average Bonchev–Trinajstić information content (AvgIpc) is 2.38. The first-order valence-corrected chi connectivity index (χ1v) is 6.31. The summed E-state index contributed by atoms with van der Waals surface area (Å²) in [7, 11) is 1.52. The maximum Gasteiger partial charge on any atom is 0.416 e. The summed E-state index contributed by atoms with van der Waals surface area (Å²) < 4.78 is 43.2. The summed E-state index contributed by atoms with van der Waals surface area (Å²) in [5.41, 5.74) is 1.71. The molecule has 5 nitrogen and oxygen atoms in total. The van der Waals surface area contributed by atoms with Gasteiger partial charge in [0.05, 0.1) is 24.4 Å². The number of halogens is 4. The number of methoxy groups -OCH3 is 1. The first kappa shape index (κ1) is 16.7. The van der Waals surface area contributed by atoms with Gasteiger partial charge in [-0.25, -0.2) is 10.8 Å². The zero-order valence-corrected chi connectivity index (χ0v) is 12.2. The highest BCUT2D eigenvalue weighted by molar-refractivity contribution is 9.10. The van der Waals surface area contributed by atoms with E-state index in [4.69, 9.17) is 10.6 Å². The molecule has 0 heterocycles. The Morgan fingerprint density at radius 3 is 2.70 bits per heavy atom. The third-order valence-electron chi connectivity index (χ3n) is 2.25. The van der Waals surface area contributed by atoms with Crippen molar-refractivity contribution in [3.63, 3.8) is 0 Å². The lowest BCUT2D eigenvalue weighted by Crippen LogP contribution is -2.36. The van der Waals surface area contributed by atoms with E-state index in [9.17, 15) is 13.2 Å². The molecular formula is C11H14BrF3N4O. The zero-order valence-electron chi connectivity index (χ0n) is 10.6. The number of ether oxygens (including phenoxy) is 1. The normalized spacial score (nSPS) is 12.4. The monoisotopic (exact) mass is 354 g/mol. The van der Waals surface area contributed by atoms with Crippen LogP contribution in [0.15, 0.2) is 27.7 Å². The molecule has 0 aliphatic rings. The van der Waals surface area contributed by atoms with Crippen LogP contribution < -0.4 is 16.6 Å². The number of aliphatic imine (C=N–C) groups is 1. The molecule has 4 N–H and O–H groups in total. The average molecular weight is 355 g/mol. The number of hydrogen-bond donors (Lipinski definition) is 3. The first-order chi connectivity index (χ1) is 9.38. The summed E-state index contributed by atoms with van der Waals surface area (Å²) in [5, 5.41) is 2.68. The quantitative estimate of drug-likeness (QED) is 0.255. The molecule has 0 unspecified atom stereocenters. The van der Waals surface area contributed by atoms with E-state index in [-0.39, 0.29) is 11.6 Å². The standard InChI is InChI=1S/C11H14BrF3N4O/c1-20-5-4-17-10(19-16)18-9-6-7(11(13,14)15)2-3-8(9)12/h2-3,6H,4-5,16H2,1H3,(H2,17,18,19). The summed E-state index contributed by atoms with van der Waals surface area (Å²) in [6, 6.07) is 3.24. The molecule has 0 atom stereocenters. The van der Waals surface area contributed by atoms with E-state index in [1.165, 1.54) is 13.2 Å². The van der Waals surface area contributed by atoms with Gasteiger partial charge in [-0.3, -0.25) is 5.43 Å². The molecule has 0 fully saturated rings. The van der Waals surface area contributed by atoms with E-state index in [0.717, 1.165) is 12.1 Å². The number of nitrogens with two attached hydrogens (primary N) is 1. The van der Waals surface area contributed by atoms with Crippen LogP contribution in [0.25, 0.3) is 0 Å². The van der Waals surface area contributed by atoms with Gasteiger partial charge in [0.1, 0.15) is 0 Å². The maximum absolute atomic E-state index is 12.6. The van der Waals surface area contributed by atoms with Crippen molar-refractivity contribution >= 4 is 27.6 Å². The molecule has 0 amide bonds. The number of alkyl halides is 3. The summed E-state index contributed by atoms with van der Waals surface area (Å²) in [4.78, 5) is 4.00. The van der Waals surface area contributed by atoms with Crippen molar-refractivity contribution in [2.75, 3.05) is 25.6 Å². The summed E-state index contributed by atoms with van der Waals surface area (Å²) >= 11 is 3.16. The van der Waals surface area contributed by atoms with E-state index in [1.54, 1.807) is 0 Å². The molecule has 0 aromatic heterocycles. The Hall–Kier alpha value is -1.32. The van der Waals surface area contributed by atoms with E-state index in [1.807, 2.05) is 0 Å². The van der Waals surface area contributed by atoms with Crippen LogP contribution in [-0.2, 0) is 10.9 Å². The number of anilines is 1. The predicted octanol–water partition coefficient (Wildman–Crippen LogP) is 2.35. The highest BCUT2D eigenvalue weighted by Crippen LogP contribution is 2.33. The minimum atomic E-state index is -4.42. The zero-order chi connectivity index (χ0) is 15.2. The number of rotatable bonds is 4. The van der Waals surface area contributed by atoms with Gasteiger partial charge in [0.2, 0.25) is 5.96 Å². The van der Waals surface area contributed by atoms with Crippen molar-refractivity contribution in [1.82, 2.24) is 5.43 Å². The third kappa shape index (κ3) is 4.99. The van der Waals surface area contributed by atoms with Gasteiger partial charge in [0.25, 0.3) is 0 Å². The van der Waals surface area contributed by atoms with Crippen LogP contribution in [0.3, 0.4) is 0 Å². The van der Waals surface area contributed by atoms with Gasteiger partial charge in [-0.05, 0) is 34.1 Å². The molecule has 0 aliphatic carbocycles. The van der Waals surface area contributed by atoms with Crippen LogP contribution in [0.4, 0.5) is 18.9 Å². The van der Waals surface area contributed by atoms with Crippen LogP contribution in [0.5, 0.6) is 0 Å². The molecule has 0 spiro atoms. The number of hydrogen-bond acceptors (Lipinski definition) is 3. The van der Waals surface area contributed by atoms with E-state index in [0.29, 0.717) is 17.6 Å². The smallest absolute Gasteiger partial charge is 0.383 e. The molecule has 112 valence electrons. The van der Waals surface area contributed by atoms with Gasteiger partial charge in [-0.1, -0.05) is 0 Å². The van der Waals surface area contributed by atoms with Crippen LogP contribution in [0.2, 0.25) is 0 Å². The van der Waals surface area contributed by atoms with Crippen molar-refractivity contribution < 1.29 is 17.9 Å². The number of guanidine groups is 1. The second kappa shape index (κ2) is 7.46. The molecule has 0 bridgehead atoms. The fraction of sp³-hybridized carbons (Fsp3) is 0.364. The SMILES string of the molecule is COCCN=C(NN)Nc1cc(C(F)(F)F)ccc1Br. The Bertz CT molecular complexity index is 479. The van der Waals surface area contributed by atoms with Crippen molar-refractivity contribution in [3.05, 3.63) is 28.2 Å². The Morgan fingerprint density at radius 2 is 2.15 bits per heavy atom. The van der Waals surface area contributed by atoms with Gasteiger partial charge in [-0.2, -0.15) is 13.2 Å². The fourth-order valence-electron chi connectivity index (χ4n) is 1.29. The number of hydrazine groups is 1. The molecule has 1 aromatic rings. The van der Waals surface area contributed by atoms with E-state index in [2.05, 4.69) is 31.7 Å². The Kier molecular flexibility index (Phi) is 6.24. The summed E-state index contributed by atoms with van der Waals surface area (Å²) in [5.74, 6) is 5.40. The van der Waals surface area contributed by atoms with Crippen LogP contribution >= 0.6 is 15.9 Å². The van der Waals surface area contributed by atoms with Crippen molar-refractivity contribution in [2.24, 2.45) is 10.8 Å². The van der Waals surface area contributed by atoms with Crippen LogP contribution in [0.1, 0.15) is 5.56 Å². The third-order valence-corrected chi connectivity index (χ3v) is 2.94. The molecule has 9 heteroatoms. The summed E-state index contributed by atoms with van der Waals surface area (Å²) in [6.45, 7) is 0.691. The Balaban J connectivity index is 2.92. The van der Waals surface area contributed by atoms with Gasteiger partial charge in [0.15, 0.2) is 0 Å². The summed E-state index contributed by atoms with van der Waals surface area (Å²) in [6.07, 6.45) is -4.42. The highest BCUT2D eigenvalue weighted by atomic mass is 79.9. The van der Waals surface area contributed by atoms with Crippen molar-refractivity contribution in [2.45, 2.75) is 6.18 Å². The van der Waals surface area contributed by atoms with Gasteiger partial charge in [0, 0.05) is 11.6 Å². The van der Waals surface area contributed by atoms with Gasteiger partial charge >= 0.3 is 6.18 Å². The second-order valence-electron chi connectivity index (χ2n) is 3.68. The molecule has 0 saturated heterocycles. The van der Waals surface area contributed by atoms with E-state index < -0.39 is 11.7 Å². The fourth-order valence-corrected chi connectivity index (χ4v) is 1.64. The van der Waals surface area contributed by atoms with Crippen molar-refractivity contribution in [3.8, 4) is 0 Å². The van der Waals surface area contributed by atoms with Gasteiger partial charge in [-0.15, -0.1) is 0 Å². The predicted molar refractivity (Wildman–Crippen MR) is 74.3 cm³/mol. The van der Waals surface area contributed by atoms with Crippen LogP contribution in [0, 0.1) is 0 Å². The molecule has 0 aliphatic heterocycles. The first-order valence-electron chi connectivity index (χ1n) is 5.52. The largest absolute Gasteiger partial charge is 0.416 e. The highest BCUT2D eigenvalue weighted by Gasteiger charge is 2.30. The Labute approximate surface area is 122 Å². The van der Waals surface area contributed by atoms with Gasteiger partial charge < -0.3 is 10.1 Å². The molecule has 1 rings (SSSR count). The minimum Gasteiger partial charge on any atom is -0.383 e. The Morgan fingerprint density at radius 1 is 1.45 bits per heavy atom. The maximum atomic E-state index is 12.6. The van der Waals surface area contributed by atoms with Crippen LogP contribution in [-0.4, -0.2) is 26.2 Å². The number of nitrogens with one attached hydrogen (secondary N) is 2. The minimum absolute atomic E-state index is 0.141. The number of benzene rings is 1. The van der Waals surface area contributed by atoms with E-state index >= 15 is 0 Å². The molecular weight excluding hydrogens is 341 g/mol. The van der Waals surface area contributed by atoms with Crippen molar-refractivity contribution in [1.29, 1.82) is 0 Å². The lowest BCUT2D eigenvalue weighted by atomic mass is 10.2. The topological polar surface area (TPSA) is 71.7 Å². The second-order valence-corrected chi connectivity index (χ2v) is 4.54. The lowest BCUT2D eigenvalue weighted by molar-refractivity contribution is -0.137.